The summed E-state index contributed by atoms with van der Waals surface area (Å²) >= 11 is 0. The highest BCUT2D eigenvalue weighted by Gasteiger charge is 2.27. The number of nitrogens with zero attached hydrogens (tertiary/aromatic N) is 1. The third kappa shape index (κ3) is 8.91. The molecule has 0 bridgehead atoms. The highest BCUT2D eigenvalue weighted by molar-refractivity contribution is 5.82. The number of amides is 1. The van der Waals surface area contributed by atoms with Crippen LogP contribution in [0.1, 0.15) is 53.4 Å². The molecule has 0 unspecified atom stereocenters. The van der Waals surface area contributed by atoms with E-state index in [-0.39, 0.29) is 18.9 Å². The quantitative estimate of drug-likeness (QED) is 0.627. The lowest BCUT2D eigenvalue weighted by atomic mass is 9.94. The van der Waals surface area contributed by atoms with E-state index >= 15 is 0 Å². The van der Waals surface area contributed by atoms with Crippen LogP contribution in [0, 0.1) is 5.41 Å². The van der Waals surface area contributed by atoms with Crippen LogP contribution in [0.5, 0.6) is 0 Å². The van der Waals surface area contributed by atoms with Gasteiger partial charge in [0.2, 0.25) is 5.91 Å². The van der Waals surface area contributed by atoms with Crippen molar-refractivity contribution in [2.75, 3.05) is 26.3 Å². The van der Waals surface area contributed by atoms with Crippen LogP contribution in [-0.4, -0.2) is 48.2 Å². The summed E-state index contributed by atoms with van der Waals surface area (Å²) in [5.74, 6) is -0.886. The minimum Gasteiger partial charge on any atom is -0.481 e. The summed E-state index contributed by atoms with van der Waals surface area (Å²) in [5, 5.41) is 8.75. The highest BCUT2D eigenvalue weighted by Crippen LogP contribution is 2.17. The Morgan fingerprint density at radius 1 is 1.10 bits per heavy atom. The number of carboxylic acids is 1. The molecule has 0 fully saturated rings. The molecule has 5 nitrogen and oxygen atoms in total. The summed E-state index contributed by atoms with van der Waals surface area (Å²) in [6.45, 7) is 9.83. The monoisotopic (exact) mass is 287 g/mol. The molecule has 0 aliphatic heterocycles. The molecule has 0 aliphatic rings. The van der Waals surface area contributed by atoms with Gasteiger partial charge in [0.05, 0.1) is 6.42 Å². The van der Waals surface area contributed by atoms with Crippen LogP contribution in [0.2, 0.25) is 0 Å². The molecule has 0 heterocycles. The number of unbranched alkanes of at least 4 members (excludes halogenated alkanes) is 1. The molecule has 20 heavy (non-hydrogen) atoms. The molecule has 0 aromatic rings. The zero-order valence-electron chi connectivity index (χ0n) is 13.3. The maximum absolute atomic E-state index is 12.2. The number of carbonyl (C=O) groups is 2. The van der Waals surface area contributed by atoms with Gasteiger partial charge in [-0.15, -0.1) is 0 Å². The Hall–Kier alpha value is -1.10. The van der Waals surface area contributed by atoms with Crippen molar-refractivity contribution in [2.45, 2.75) is 53.4 Å². The van der Waals surface area contributed by atoms with E-state index in [9.17, 15) is 9.59 Å². The van der Waals surface area contributed by atoms with Crippen molar-refractivity contribution in [3.05, 3.63) is 0 Å². The zero-order chi connectivity index (χ0) is 15.6. The molecular formula is C15H29NO4. The van der Waals surface area contributed by atoms with E-state index in [2.05, 4.69) is 6.92 Å². The molecule has 118 valence electrons. The molecule has 0 aromatic heterocycles. The van der Waals surface area contributed by atoms with Gasteiger partial charge in [0, 0.05) is 31.7 Å². The summed E-state index contributed by atoms with van der Waals surface area (Å²) in [5.41, 5.74) is -0.485. The molecule has 0 spiro atoms. The van der Waals surface area contributed by atoms with Crippen molar-refractivity contribution >= 4 is 11.9 Å². The lowest BCUT2D eigenvalue weighted by Crippen LogP contribution is -2.41. The minimum absolute atomic E-state index is 0.00712. The first-order valence-corrected chi connectivity index (χ1v) is 7.38. The van der Waals surface area contributed by atoms with Crippen molar-refractivity contribution < 1.29 is 19.4 Å². The van der Waals surface area contributed by atoms with Crippen LogP contribution in [0.15, 0.2) is 0 Å². The second kappa shape index (κ2) is 9.75. The number of hydrogen-bond donors (Lipinski definition) is 1. The smallest absolute Gasteiger partial charge is 0.305 e. The van der Waals surface area contributed by atoms with Crippen LogP contribution >= 0.6 is 0 Å². The number of aliphatic carboxylic acids is 1. The summed E-state index contributed by atoms with van der Waals surface area (Å²) in [4.78, 5) is 24.5. The Morgan fingerprint density at radius 3 is 2.20 bits per heavy atom. The molecule has 1 amide bonds. The molecule has 1 N–H and O–H groups in total. The maximum atomic E-state index is 12.2. The van der Waals surface area contributed by atoms with Crippen LogP contribution < -0.4 is 0 Å². The van der Waals surface area contributed by atoms with Crippen LogP contribution in [0.3, 0.4) is 0 Å². The Kier molecular flexibility index (Phi) is 9.21. The molecule has 0 aliphatic carbocycles. The summed E-state index contributed by atoms with van der Waals surface area (Å²) < 4.78 is 5.46. The van der Waals surface area contributed by atoms with E-state index in [1.807, 2.05) is 20.8 Å². The van der Waals surface area contributed by atoms with E-state index in [0.717, 1.165) is 25.9 Å². The standard InChI is InChI=1S/C15H29NO4/c1-5-6-11-20-12-7-9-16(10-8-13(17)18)14(19)15(2,3)4/h5-12H2,1-4H3,(H,17,18). The number of carbonyl (C=O) groups excluding carboxylic acids is 1. The third-order valence-corrected chi connectivity index (χ3v) is 2.88. The lowest BCUT2D eigenvalue weighted by molar-refractivity contribution is -0.142. The van der Waals surface area contributed by atoms with Gasteiger partial charge in [-0.1, -0.05) is 34.1 Å². The number of ether oxygens (including phenoxy) is 1. The predicted molar refractivity (Wildman–Crippen MR) is 78.6 cm³/mol. The van der Waals surface area contributed by atoms with Gasteiger partial charge in [-0.25, -0.2) is 0 Å². The van der Waals surface area contributed by atoms with Gasteiger partial charge in [0.25, 0.3) is 0 Å². The van der Waals surface area contributed by atoms with Crippen molar-refractivity contribution in [1.82, 2.24) is 4.90 Å². The second-order valence-corrected chi connectivity index (χ2v) is 6.01. The van der Waals surface area contributed by atoms with E-state index in [1.165, 1.54) is 0 Å². The third-order valence-electron chi connectivity index (χ3n) is 2.88. The topological polar surface area (TPSA) is 66.8 Å². The average molecular weight is 287 g/mol. The van der Waals surface area contributed by atoms with Gasteiger partial charge < -0.3 is 14.7 Å². The predicted octanol–water partition coefficient (Wildman–Crippen LogP) is 2.54. The van der Waals surface area contributed by atoms with Crippen LogP contribution in [-0.2, 0) is 14.3 Å². The first-order valence-electron chi connectivity index (χ1n) is 7.38. The summed E-state index contributed by atoms with van der Waals surface area (Å²) in [6, 6.07) is 0. The molecule has 0 atom stereocenters. The van der Waals surface area contributed by atoms with Gasteiger partial charge in [-0.3, -0.25) is 9.59 Å². The van der Waals surface area contributed by atoms with Crippen LogP contribution in [0.25, 0.3) is 0 Å². The SMILES string of the molecule is CCCCOCCCN(CCC(=O)O)C(=O)C(C)(C)C. The van der Waals surface area contributed by atoms with Crippen molar-refractivity contribution in [1.29, 1.82) is 0 Å². The lowest BCUT2D eigenvalue weighted by Gasteiger charge is -2.29. The molecule has 0 radical (unpaired) electrons. The Morgan fingerprint density at radius 2 is 1.70 bits per heavy atom. The van der Waals surface area contributed by atoms with Crippen molar-refractivity contribution in [2.24, 2.45) is 5.41 Å². The first kappa shape index (κ1) is 18.9. The Bertz CT molecular complexity index is 297. The second-order valence-electron chi connectivity index (χ2n) is 6.01. The minimum atomic E-state index is -0.879. The van der Waals surface area contributed by atoms with Crippen LogP contribution in [0.4, 0.5) is 0 Å². The van der Waals surface area contributed by atoms with E-state index < -0.39 is 11.4 Å². The Labute approximate surface area is 122 Å². The van der Waals surface area contributed by atoms with E-state index in [0.29, 0.717) is 13.2 Å². The fourth-order valence-corrected chi connectivity index (χ4v) is 1.73. The molecular weight excluding hydrogens is 258 g/mol. The normalized spacial score (nSPS) is 11.4. The van der Waals surface area contributed by atoms with Gasteiger partial charge in [-0.05, 0) is 12.8 Å². The Balaban J connectivity index is 4.18. The van der Waals surface area contributed by atoms with Crippen molar-refractivity contribution in [3.8, 4) is 0 Å². The fourth-order valence-electron chi connectivity index (χ4n) is 1.73. The van der Waals surface area contributed by atoms with Gasteiger partial charge in [-0.2, -0.15) is 0 Å². The molecule has 0 aromatic carbocycles. The fraction of sp³-hybridized carbons (Fsp3) is 0.867. The average Bonchev–Trinajstić information content (AvgIpc) is 2.35. The highest BCUT2D eigenvalue weighted by atomic mass is 16.5. The number of hydrogen-bond acceptors (Lipinski definition) is 3. The maximum Gasteiger partial charge on any atom is 0.305 e. The molecule has 0 saturated heterocycles. The van der Waals surface area contributed by atoms with E-state index in [4.69, 9.17) is 9.84 Å². The first-order chi connectivity index (χ1) is 9.29. The zero-order valence-corrected chi connectivity index (χ0v) is 13.3. The number of carboxylic acid groups (broad SMARTS) is 1. The van der Waals surface area contributed by atoms with Gasteiger partial charge in [0.15, 0.2) is 0 Å². The summed E-state index contributed by atoms with van der Waals surface area (Å²) in [6.07, 6.45) is 2.88. The largest absolute Gasteiger partial charge is 0.481 e. The van der Waals surface area contributed by atoms with Gasteiger partial charge in [0.1, 0.15) is 0 Å². The summed E-state index contributed by atoms with van der Waals surface area (Å²) in [7, 11) is 0. The van der Waals surface area contributed by atoms with E-state index in [1.54, 1.807) is 4.90 Å². The molecule has 0 saturated carbocycles. The number of rotatable bonds is 10. The molecule has 5 heteroatoms. The van der Waals surface area contributed by atoms with Gasteiger partial charge >= 0.3 is 5.97 Å². The van der Waals surface area contributed by atoms with Crippen molar-refractivity contribution in [3.63, 3.8) is 0 Å². The molecule has 0 rings (SSSR count).